The van der Waals surface area contributed by atoms with Crippen molar-refractivity contribution in [2.45, 2.75) is 25.1 Å². The van der Waals surface area contributed by atoms with Gasteiger partial charge in [0.2, 0.25) is 0 Å². The van der Waals surface area contributed by atoms with E-state index in [2.05, 4.69) is 0 Å². The van der Waals surface area contributed by atoms with E-state index in [4.69, 9.17) is 9.47 Å². The summed E-state index contributed by atoms with van der Waals surface area (Å²) in [7, 11) is -0.109. The average molecular weight is 327 g/mol. The van der Waals surface area contributed by atoms with E-state index in [-0.39, 0.29) is 24.2 Å². The normalized spacial score (nSPS) is 23.9. The van der Waals surface area contributed by atoms with E-state index in [1.807, 2.05) is 0 Å². The SMILES string of the molecule is COc1ccc(C(=O)N2CCS(=O)(=O)[C@H](C)[C@H]2C)c(OC)c1. The minimum Gasteiger partial charge on any atom is -0.497 e. The number of hydrogen-bond acceptors (Lipinski definition) is 5. The Hall–Kier alpha value is -1.76. The minimum atomic E-state index is -3.13. The molecule has 122 valence electrons. The molecule has 2 atom stereocenters. The highest BCUT2D eigenvalue weighted by Crippen LogP contribution is 2.28. The van der Waals surface area contributed by atoms with Crippen molar-refractivity contribution >= 4 is 15.7 Å². The molecule has 6 nitrogen and oxygen atoms in total. The number of amides is 1. The lowest BCUT2D eigenvalue weighted by atomic mass is 10.1. The van der Waals surface area contributed by atoms with Gasteiger partial charge in [-0.1, -0.05) is 0 Å². The summed E-state index contributed by atoms with van der Waals surface area (Å²) in [4.78, 5) is 14.3. The quantitative estimate of drug-likeness (QED) is 0.838. The van der Waals surface area contributed by atoms with Crippen molar-refractivity contribution in [3.05, 3.63) is 23.8 Å². The van der Waals surface area contributed by atoms with E-state index < -0.39 is 15.1 Å². The minimum absolute atomic E-state index is 0.0112. The number of carbonyl (C=O) groups excluding carboxylic acids is 1. The van der Waals surface area contributed by atoms with Crippen LogP contribution in [0, 0.1) is 0 Å². The van der Waals surface area contributed by atoms with Gasteiger partial charge in [-0.05, 0) is 26.0 Å². The summed E-state index contributed by atoms with van der Waals surface area (Å²) in [6.07, 6.45) is 0. The van der Waals surface area contributed by atoms with Crippen molar-refractivity contribution in [1.29, 1.82) is 0 Å². The number of ether oxygens (including phenoxy) is 2. The summed E-state index contributed by atoms with van der Waals surface area (Å²) < 4.78 is 34.2. The first kappa shape index (κ1) is 16.6. The Bertz CT molecular complexity index is 671. The van der Waals surface area contributed by atoms with Crippen molar-refractivity contribution in [1.82, 2.24) is 4.90 Å². The molecule has 7 heteroatoms. The molecule has 0 spiro atoms. The van der Waals surface area contributed by atoms with Crippen LogP contribution in [0.3, 0.4) is 0 Å². The second-order valence-electron chi connectivity index (χ2n) is 5.38. The fraction of sp³-hybridized carbons (Fsp3) is 0.533. The fourth-order valence-electron chi connectivity index (χ4n) is 2.58. The molecule has 0 aliphatic carbocycles. The molecule has 1 amide bonds. The average Bonchev–Trinajstić information content (AvgIpc) is 2.51. The monoisotopic (exact) mass is 327 g/mol. The van der Waals surface area contributed by atoms with Crippen LogP contribution in [0.15, 0.2) is 18.2 Å². The van der Waals surface area contributed by atoms with Gasteiger partial charge in [0.1, 0.15) is 11.5 Å². The van der Waals surface area contributed by atoms with Gasteiger partial charge >= 0.3 is 0 Å². The third-order valence-electron chi connectivity index (χ3n) is 4.25. The molecule has 1 aromatic carbocycles. The van der Waals surface area contributed by atoms with Gasteiger partial charge in [-0.25, -0.2) is 8.42 Å². The lowest BCUT2D eigenvalue weighted by Crippen LogP contribution is -2.54. The van der Waals surface area contributed by atoms with Crippen LogP contribution >= 0.6 is 0 Å². The Kier molecular flexibility index (Phi) is 4.65. The number of benzene rings is 1. The standard InChI is InChI=1S/C15H21NO5S/c1-10-11(2)22(18,19)8-7-16(10)15(17)13-6-5-12(20-3)9-14(13)21-4/h5-6,9-11H,7-8H2,1-4H3/t10-,11-/m1/s1. The third-order valence-corrected chi connectivity index (χ3v) is 6.53. The number of methoxy groups -OCH3 is 2. The van der Waals surface area contributed by atoms with Gasteiger partial charge in [-0.15, -0.1) is 0 Å². The van der Waals surface area contributed by atoms with Crippen LogP contribution in [-0.2, 0) is 9.84 Å². The number of hydrogen-bond donors (Lipinski definition) is 0. The van der Waals surface area contributed by atoms with Crippen LogP contribution in [0.25, 0.3) is 0 Å². The van der Waals surface area contributed by atoms with Gasteiger partial charge in [-0.3, -0.25) is 4.79 Å². The second-order valence-corrected chi connectivity index (χ2v) is 7.86. The molecule has 1 saturated heterocycles. The van der Waals surface area contributed by atoms with Crippen molar-refractivity contribution in [2.24, 2.45) is 0 Å². The Labute approximate surface area is 130 Å². The highest BCUT2D eigenvalue weighted by atomic mass is 32.2. The molecule has 1 aliphatic rings. The molecule has 0 aromatic heterocycles. The molecule has 0 bridgehead atoms. The van der Waals surface area contributed by atoms with E-state index >= 15 is 0 Å². The maximum Gasteiger partial charge on any atom is 0.257 e. The Morgan fingerprint density at radius 2 is 1.91 bits per heavy atom. The first-order valence-corrected chi connectivity index (χ1v) is 8.78. The summed E-state index contributed by atoms with van der Waals surface area (Å²) in [6, 6.07) is 4.59. The second kappa shape index (κ2) is 6.16. The summed E-state index contributed by atoms with van der Waals surface area (Å²) in [5.74, 6) is 0.769. The zero-order chi connectivity index (χ0) is 16.5. The maximum absolute atomic E-state index is 12.8. The van der Waals surface area contributed by atoms with Gasteiger partial charge < -0.3 is 14.4 Å². The summed E-state index contributed by atoms with van der Waals surface area (Å²) in [5, 5.41) is -0.575. The smallest absolute Gasteiger partial charge is 0.257 e. The van der Waals surface area contributed by atoms with Gasteiger partial charge in [0.25, 0.3) is 5.91 Å². The van der Waals surface area contributed by atoms with Gasteiger partial charge in [0, 0.05) is 18.7 Å². The van der Waals surface area contributed by atoms with Gasteiger partial charge in [0.15, 0.2) is 9.84 Å². The summed E-state index contributed by atoms with van der Waals surface area (Å²) in [6.45, 7) is 3.60. The van der Waals surface area contributed by atoms with E-state index in [0.29, 0.717) is 17.1 Å². The van der Waals surface area contributed by atoms with Crippen LogP contribution in [0.1, 0.15) is 24.2 Å². The number of nitrogens with zero attached hydrogens (tertiary/aromatic N) is 1. The van der Waals surface area contributed by atoms with Crippen molar-refractivity contribution in [3.63, 3.8) is 0 Å². The molecule has 22 heavy (non-hydrogen) atoms. The molecule has 0 unspecified atom stereocenters. The van der Waals surface area contributed by atoms with E-state index in [1.54, 1.807) is 36.9 Å². The van der Waals surface area contributed by atoms with E-state index in [9.17, 15) is 13.2 Å². The molecule has 1 aromatic rings. The molecule has 0 radical (unpaired) electrons. The van der Waals surface area contributed by atoms with Crippen molar-refractivity contribution in [3.8, 4) is 11.5 Å². The predicted molar refractivity (Wildman–Crippen MR) is 83.3 cm³/mol. The van der Waals surface area contributed by atoms with Crippen LogP contribution in [0.5, 0.6) is 11.5 Å². The van der Waals surface area contributed by atoms with Gasteiger partial charge in [-0.2, -0.15) is 0 Å². The number of rotatable bonds is 3. The van der Waals surface area contributed by atoms with E-state index in [0.717, 1.165) is 0 Å². The van der Waals surface area contributed by atoms with Crippen LogP contribution < -0.4 is 9.47 Å². The summed E-state index contributed by atoms with van der Waals surface area (Å²) >= 11 is 0. The first-order valence-electron chi connectivity index (χ1n) is 7.06. The molecule has 1 heterocycles. The summed E-state index contributed by atoms with van der Waals surface area (Å²) in [5.41, 5.74) is 0.404. The largest absolute Gasteiger partial charge is 0.497 e. The zero-order valence-electron chi connectivity index (χ0n) is 13.2. The third kappa shape index (κ3) is 2.90. The predicted octanol–water partition coefficient (Wildman–Crippen LogP) is 1.35. The molecule has 1 aliphatic heterocycles. The highest BCUT2D eigenvalue weighted by molar-refractivity contribution is 7.92. The molecule has 1 fully saturated rings. The Morgan fingerprint density at radius 3 is 2.50 bits per heavy atom. The van der Waals surface area contributed by atoms with Crippen molar-refractivity contribution in [2.75, 3.05) is 26.5 Å². The van der Waals surface area contributed by atoms with Crippen LogP contribution in [-0.4, -0.2) is 57.0 Å². The molecule has 0 saturated carbocycles. The molecule has 2 rings (SSSR count). The fourth-order valence-corrected chi connectivity index (χ4v) is 4.15. The van der Waals surface area contributed by atoms with E-state index in [1.165, 1.54) is 14.2 Å². The number of carbonyl (C=O) groups is 1. The molecular formula is C15H21NO5S. The zero-order valence-corrected chi connectivity index (χ0v) is 14.0. The lowest BCUT2D eigenvalue weighted by Gasteiger charge is -2.37. The maximum atomic E-state index is 12.8. The van der Waals surface area contributed by atoms with Crippen LogP contribution in [0.2, 0.25) is 0 Å². The first-order chi connectivity index (χ1) is 10.3. The Morgan fingerprint density at radius 1 is 1.23 bits per heavy atom. The molecule has 0 N–H and O–H groups in total. The molecular weight excluding hydrogens is 306 g/mol. The van der Waals surface area contributed by atoms with Crippen LogP contribution in [0.4, 0.5) is 0 Å². The topological polar surface area (TPSA) is 72.9 Å². The Balaban J connectivity index is 2.33. The highest BCUT2D eigenvalue weighted by Gasteiger charge is 2.38. The van der Waals surface area contributed by atoms with Gasteiger partial charge in [0.05, 0.1) is 30.8 Å². The lowest BCUT2D eigenvalue weighted by molar-refractivity contribution is 0.0689. The number of sulfone groups is 1. The van der Waals surface area contributed by atoms with Crippen molar-refractivity contribution < 1.29 is 22.7 Å².